The summed E-state index contributed by atoms with van der Waals surface area (Å²) in [5.41, 5.74) is 3.30. The number of hydrogen-bond donors (Lipinski definition) is 3. The van der Waals surface area contributed by atoms with Crippen molar-refractivity contribution in [2.24, 2.45) is 0 Å². The first-order chi connectivity index (χ1) is 21.0. The van der Waals surface area contributed by atoms with Crippen LogP contribution in [0.5, 0.6) is 0 Å². The van der Waals surface area contributed by atoms with Crippen molar-refractivity contribution < 1.29 is 27.9 Å². The third-order valence-electron chi connectivity index (χ3n) is 7.17. The number of halogens is 2. The van der Waals surface area contributed by atoms with Crippen molar-refractivity contribution in [2.75, 3.05) is 11.9 Å². The molecule has 3 N–H and O–H groups in total. The van der Waals surface area contributed by atoms with Crippen LogP contribution in [0, 0.1) is 5.82 Å². The number of carbonyl (C=O) groups excluding carboxylic acids is 3. The third-order valence-corrected chi connectivity index (χ3v) is 7.46. The van der Waals surface area contributed by atoms with Crippen molar-refractivity contribution in [1.29, 1.82) is 0 Å². The van der Waals surface area contributed by atoms with Crippen LogP contribution in [0.15, 0.2) is 71.3 Å². The Bertz CT molecular complexity index is 1700. The van der Waals surface area contributed by atoms with E-state index in [1.165, 1.54) is 11.0 Å². The third kappa shape index (κ3) is 7.31. The van der Waals surface area contributed by atoms with Gasteiger partial charge in [0.2, 0.25) is 5.91 Å². The molecule has 2 heterocycles. The molecule has 0 radical (unpaired) electrons. The zero-order valence-corrected chi connectivity index (χ0v) is 25.5. The number of nitrogens with one attached hydrogen (secondary N) is 3. The smallest absolute Gasteiger partial charge is 0.407 e. The fourth-order valence-corrected chi connectivity index (χ4v) is 5.37. The first kappa shape index (κ1) is 30.9. The van der Waals surface area contributed by atoms with Crippen molar-refractivity contribution >= 4 is 46.3 Å². The molecule has 4 amide bonds. The molecule has 1 aliphatic rings. The van der Waals surface area contributed by atoms with E-state index in [1.54, 1.807) is 39.2 Å². The summed E-state index contributed by atoms with van der Waals surface area (Å²) in [6, 6.07) is 16.5. The van der Waals surface area contributed by atoms with Crippen molar-refractivity contribution in [1.82, 2.24) is 15.5 Å². The van der Waals surface area contributed by atoms with E-state index < -0.39 is 29.6 Å². The first-order valence-electron chi connectivity index (χ1n) is 14.3. The van der Waals surface area contributed by atoms with Gasteiger partial charge in [-0.2, -0.15) is 0 Å². The van der Waals surface area contributed by atoms with Gasteiger partial charge < -0.3 is 30.0 Å². The minimum absolute atomic E-state index is 0.0201. The van der Waals surface area contributed by atoms with Crippen LogP contribution in [-0.4, -0.2) is 41.1 Å². The number of benzene rings is 3. The van der Waals surface area contributed by atoms with E-state index in [9.17, 15) is 18.8 Å². The average Bonchev–Trinajstić information content (AvgIpc) is 3.66. The Morgan fingerprint density at radius 2 is 1.84 bits per heavy atom. The molecule has 0 aliphatic carbocycles. The maximum Gasteiger partial charge on any atom is 0.407 e. The number of nitrogens with zero attached hydrogens (tertiary/aromatic N) is 1. The molecule has 1 aromatic heterocycles. The summed E-state index contributed by atoms with van der Waals surface area (Å²) in [7, 11) is 0. The van der Waals surface area contributed by atoms with E-state index >= 15 is 0 Å². The normalized spacial score (nSPS) is 14.8. The number of urea groups is 1. The fourth-order valence-electron chi connectivity index (χ4n) is 5.17. The number of carbonyl (C=O) groups is 3. The Morgan fingerprint density at radius 3 is 2.64 bits per heavy atom. The van der Waals surface area contributed by atoms with Gasteiger partial charge in [0.1, 0.15) is 23.0 Å². The van der Waals surface area contributed by atoms with Gasteiger partial charge in [-0.3, -0.25) is 4.79 Å². The molecular weight excluding hydrogens is 587 g/mol. The van der Waals surface area contributed by atoms with Gasteiger partial charge in [0.25, 0.3) is 0 Å². The van der Waals surface area contributed by atoms with E-state index in [0.29, 0.717) is 30.7 Å². The lowest BCUT2D eigenvalue weighted by atomic mass is 10.00. The van der Waals surface area contributed by atoms with Gasteiger partial charge in [-0.05, 0) is 75.1 Å². The summed E-state index contributed by atoms with van der Waals surface area (Å²) in [6.45, 7) is 6.03. The molecule has 1 saturated heterocycles. The second-order valence-electron chi connectivity index (χ2n) is 11.6. The molecule has 230 valence electrons. The minimum Gasteiger partial charge on any atom is -0.464 e. The van der Waals surface area contributed by atoms with Crippen molar-refractivity contribution in [3.05, 3.63) is 88.9 Å². The van der Waals surface area contributed by atoms with E-state index in [-0.39, 0.29) is 29.6 Å². The Hall–Kier alpha value is -4.57. The number of rotatable bonds is 7. The van der Waals surface area contributed by atoms with Gasteiger partial charge in [-0.1, -0.05) is 41.9 Å². The number of alkyl carbamates (subject to hydrolysis) is 1. The predicted octanol–water partition coefficient (Wildman–Crippen LogP) is 7.23. The molecule has 9 nitrogen and oxygen atoms in total. The van der Waals surface area contributed by atoms with Crippen molar-refractivity contribution in [3.8, 4) is 11.1 Å². The topological polar surface area (TPSA) is 113 Å². The van der Waals surface area contributed by atoms with Crippen LogP contribution in [0.1, 0.15) is 44.7 Å². The average molecular weight is 621 g/mol. The summed E-state index contributed by atoms with van der Waals surface area (Å²) in [4.78, 5) is 40.0. The van der Waals surface area contributed by atoms with E-state index in [0.717, 1.165) is 22.1 Å². The Labute approximate surface area is 259 Å². The van der Waals surface area contributed by atoms with Crippen LogP contribution in [0.3, 0.4) is 0 Å². The van der Waals surface area contributed by atoms with Crippen LogP contribution in [-0.2, 0) is 22.6 Å². The van der Waals surface area contributed by atoms with Gasteiger partial charge >= 0.3 is 12.1 Å². The molecule has 0 spiro atoms. The van der Waals surface area contributed by atoms with Gasteiger partial charge in [0.05, 0.1) is 11.3 Å². The number of amides is 4. The number of fused-ring (bicyclic) bond motifs is 1. The van der Waals surface area contributed by atoms with Crippen LogP contribution >= 0.6 is 11.6 Å². The largest absolute Gasteiger partial charge is 0.464 e. The SMILES string of the molecule is CC(C)(C)OC(=O)NCc1cccc(-c2cc(NC(=O)[C@@H]3CCCN3C(=O)NCc3cccc(Cl)c3F)cc3ccoc23)c1. The second kappa shape index (κ2) is 13.0. The van der Waals surface area contributed by atoms with E-state index in [2.05, 4.69) is 16.0 Å². The highest BCUT2D eigenvalue weighted by atomic mass is 35.5. The summed E-state index contributed by atoms with van der Waals surface area (Å²) < 4.78 is 25.4. The second-order valence-corrected chi connectivity index (χ2v) is 12.0. The lowest BCUT2D eigenvalue weighted by molar-refractivity contribution is -0.119. The summed E-state index contributed by atoms with van der Waals surface area (Å²) >= 11 is 5.85. The lowest BCUT2D eigenvalue weighted by Gasteiger charge is -2.24. The van der Waals surface area contributed by atoms with Crippen LogP contribution in [0.4, 0.5) is 19.7 Å². The lowest BCUT2D eigenvalue weighted by Crippen LogP contribution is -2.47. The number of anilines is 1. The molecule has 0 bridgehead atoms. The quantitative estimate of drug-likeness (QED) is 0.202. The maximum absolute atomic E-state index is 14.3. The Morgan fingerprint density at radius 1 is 1.05 bits per heavy atom. The molecule has 1 atom stereocenters. The number of likely N-dealkylation sites (tertiary alicyclic amines) is 1. The molecule has 1 aliphatic heterocycles. The van der Waals surface area contributed by atoms with Gasteiger partial charge in [-0.15, -0.1) is 0 Å². The number of furan rings is 1. The molecule has 5 rings (SSSR count). The summed E-state index contributed by atoms with van der Waals surface area (Å²) in [5, 5.41) is 9.22. The summed E-state index contributed by atoms with van der Waals surface area (Å²) in [5.74, 6) is -0.906. The van der Waals surface area contributed by atoms with Crippen LogP contribution in [0.2, 0.25) is 5.02 Å². The first-order valence-corrected chi connectivity index (χ1v) is 14.7. The number of ether oxygens (including phenoxy) is 1. The minimum atomic E-state index is -0.690. The monoisotopic (exact) mass is 620 g/mol. The fraction of sp³-hybridized carbons (Fsp3) is 0.303. The van der Waals surface area contributed by atoms with Crippen LogP contribution < -0.4 is 16.0 Å². The zero-order valence-electron chi connectivity index (χ0n) is 24.7. The molecule has 4 aromatic rings. The molecule has 44 heavy (non-hydrogen) atoms. The highest BCUT2D eigenvalue weighted by Gasteiger charge is 2.34. The Balaban J connectivity index is 1.29. The molecule has 1 fully saturated rings. The van der Waals surface area contributed by atoms with E-state index in [1.807, 2.05) is 42.5 Å². The molecule has 0 saturated carbocycles. The molecular formula is C33H34ClFN4O5. The standard InChI is InChI=1S/C33H34ClFN4O5/c1-33(2,3)44-32(42)37-18-20-7-4-8-21(15-20)25-17-24(16-22-12-14-43-29(22)25)38-30(40)27-11-6-13-39(27)31(41)36-19-23-9-5-10-26(34)28(23)35/h4-5,7-10,12,14-17,27H,6,11,13,18-19H2,1-3H3,(H,36,41)(H,37,42)(H,38,40)/t27-/m0/s1. The Kier molecular flexibility index (Phi) is 9.10. The zero-order chi connectivity index (χ0) is 31.4. The summed E-state index contributed by atoms with van der Waals surface area (Å²) in [6.07, 6.45) is 2.23. The molecule has 11 heteroatoms. The van der Waals surface area contributed by atoms with Crippen molar-refractivity contribution in [2.45, 2.75) is 58.3 Å². The van der Waals surface area contributed by atoms with E-state index in [4.69, 9.17) is 20.8 Å². The highest BCUT2D eigenvalue weighted by Crippen LogP contribution is 2.34. The molecule has 3 aromatic carbocycles. The van der Waals surface area contributed by atoms with Gasteiger partial charge in [0, 0.05) is 41.8 Å². The molecule has 0 unspecified atom stereocenters. The maximum atomic E-state index is 14.3. The van der Waals surface area contributed by atoms with Gasteiger partial charge in [-0.25, -0.2) is 14.0 Å². The van der Waals surface area contributed by atoms with Crippen LogP contribution in [0.25, 0.3) is 22.1 Å². The van der Waals surface area contributed by atoms with Gasteiger partial charge in [0.15, 0.2) is 0 Å². The highest BCUT2D eigenvalue weighted by molar-refractivity contribution is 6.30. The predicted molar refractivity (Wildman–Crippen MR) is 167 cm³/mol. The number of hydrogen-bond acceptors (Lipinski definition) is 5. The van der Waals surface area contributed by atoms with Crippen molar-refractivity contribution in [3.63, 3.8) is 0 Å².